The average molecular weight is 447 g/mol. The predicted molar refractivity (Wildman–Crippen MR) is 127 cm³/mol. The first-order chi connectivity index (χ1) is 15.4. The number of thiazole rings is 1. The molecule has 0 saturated carbocycles. The standard InChI is InChI=1S/C23H26N8S/c1-22-6-7-23(2,30-22)9-15(8-22)31(3)18-5-4-17(28-29-18)20-21-19(25-13-32-21)16(12-24-20)14-10-26-27-11-14/h4-5,10-13,15,30H,6-9H2,1-3H3,(H,26,27)/t15?,22-,23+. The second-order valence-corrected chi connectivity index (χ2v) is 10.6. The molecule has 0 aromatic carbocycles. The van der Waals surface area contributed by atoms with Crippen LogP contribution >= 0.6 is 11.3 Å². The van der Waals surface area contributed by atoms with E-state index >= 15 is 0 Å². The maximum Gasteiger partial charge on any atom is 0.151 e. The summed E-state index contributed by atoms with van der Waals surface area (Å²) in [4.78, 5) is 11.6. The molecule has 9 heteroatoms. The van der Waals surface area contributed by atoms with Crippen LogP contribution < -0.4 is 10.2 Å². The largest absolute Gasteiger partial charge is 0.355 e. The van der Waals surface area contributed by atoms with Gasteiger partial charge in [-0.3, -0.25) is 10.1 Å². The fraction of sp³-hybridized carbons (Fsp3) is 0.435. The highest BCUT2D eigenvalue weighted by Gasteiger charge is 2.49. The Balaban J connectivity index is 1.29. The number of hydrogen-bond acceptors (Lipinski definition) is 8. The van der Waals surface area contributed by atoms with Crippen molar-refractivity contribution in [3.8, 4) is 22.5 Å². The Hall–Kier alpha value is -2.91. The molecular weight excluding hydrogens is 420 g/mol. The lowest BCUT2D eigenvalue weighted by molar-refractivity contribution is 0.207. The van der Waals surface area contributed by atoms with Crippen molar-refractivity contribution in [2.75, 3.05) is 11.9 Å². The molecule has 2 saturated heterocycles. The number of aromatic amines is 1. The van der Waals surface area contributed by atoms with Gasteiger partial charge in [0.1, 0.15) is 11.4 Å². The van der Waals surface area contributed by atoms with Gasteiger partial charge in [0.25, 0.3) is 0 Å². The van der Waals surface area contributed by atoms with Crippen LogP contribution in [0.25, 0.3) is 32.7 Å². The van der Waals surface area contributed by atoms with Gasteiger partial charge in [-0.2, -0.15) is 5.10 Å². The molecule has 6 heterocycles. The monoisotopic (exact) mass is 446 g/mol. The zero-order valence-electron chi connectivity index (χ0n) is 18.5. The Morgan fingerprint density at radius 2 is 1.88 bits per heavy atom. The minimum atomic E-state index is 0.220. The van der Waals surface area contributed by atoms with Crippen LogP contribution in [-0.4, -0.2) is 54.5 Å². The lowest BCUT2D eigenvalue weighted by Crippen LogP contribution is -2.58. The van der Waals surface area contributed by atoms with Crippen LogP contribution in [0.15, 0.2) is 36.2 Å². The van der Waals surface area contributed by atoms with Crippen LogP contribution in [0.5, 0.6) is 0 Å². The van der Waals surface area contributed by atoms with Crippen LogP contribution in [0.1, 0.15) is 39.5 Å². The van der Waals surface area contributed by atoms with Crippen molar-refractivity contribution in [3.63, 3.8) is 0 Å². The van der Waals surface area contributed by atoms with Crippen molar-refractivity contribution < 1.29 is 0 Å². The highest BCUT2D eigenvalue weighted by atomic mass is 32.1. The van der Waals surface area contributed by atoms with E-state index in [1.54, 1.807) is 17.5 Å². The predicted octanol–water partition coefficient (Wildman–Crippen LogP) is 4.04. The van der Waals surface area contributed by atoms with E-state index < -0.39 is 0 Å². The highest BCUT2D eigenvalue weighted by molar-refractivity contribution is 7.17. The van der Waals surface area contributed by atoms with E-state index in [1.807, 2.05) is 24.0 Å². The van der Waals surface area contributed by atoms with Crippen LogP contribution in [-0.2, 0) is 0 Å². The van der Waals surface area contributed by atoms with Gasteiger partial charge < -0.3 is 10.2 Å². The molecule has 4 aromatic heterocycles. The minimum Gasteiger partial charge on any atom is -0.355 e. The summed E-state index contributed by atoms with van der Waals surface area (Å²) in [5.41, 5.74) is 6.72. The molecule has 2 aliphatic heterocycles. The third-order valence-corrected chi connectivity index (χ3v) is 8.01. The van der Waals surface area contributed by atoms with Crippen LogP contribution in [0.3, 0.4) is 0 Å². The number of rotatable bonds is 4. The highest BCUT2D eigenvalue weighted by Crippen LogP contribution is 2.44. The van der Waals surface area contributed by atoms with E-state index in [0.717, 1.165) is 51.4 Å². The summed E-state index contributed by atoms with van der Waals surface area (Å²) in [5.74, 6) is 0.905. The van der Waals surface area contributed by atoms with Gasteiger partial charge in [-0.15, -0.1) is 21.5 Å². The summed E-state index contributed by atoms with van der Waals surface area (Å²) in [7, 11) is 2.14. The SMILES string of the molecule is CN(c1ccc(-c2ncc(-c3cn[nH]c3)c3ncsc23)nn1)C1C[C@]2(C)CC[C@](C)(C1)N2. The Bertz CT molecular complexity index is 1250. The van der Waals surface area contributed by atoms with Crippen LogP contribution in [0, 0.1) is 0 Å². The van der Waals surface area contributed by atoms with E-state index in [1.165, 1.54) is 12.8 Å². The molecule has 0 amide bonds. The Kier molecular flexibility index (Phi) is 4.35. The molecule has 3 atom stereocenters. The van der Waals surface area contributed by atoms with Gasteiger partial charge in [-0.25, -0.2) is 4.98 Å². The molecule has 0 spiro atoms. The molecule has 6 rings (SSSR count). The molecule has 0 aliphatic carbocycles. The molecule has 0 radical (unpaired) electrons. The number of aromatic nitrogens is 6. The molecule has 2 N–H and O–H groups in total. The number of hydrogen-bond donors (Lipinski definition) is 2. The van der Waals surface area contributed by atoms with E-state index in [9.17, 15) is 0 Å². The lowest BCUT2D eigenvalue weighted by atomic mass is 9.84. The molecular formula is C23H26N8S. The zero-order valence-corrected chi connectivity index (χ0v) is 19.3. The third kappa shape index (κ3) is 3.18. The van der Waals surface area contributed by atoms with Crippen LogP contribution in [0.2, 0.25) is 0 Å². The second kappa shape index (κ2) is 7.05. The van der Waals surface area contributed by atoms with Crippen molar-refractivity contribution in [3.05, 3.63) is 36.2 Å². The number of H-pyrrole nitrogens is 1. The molecule has 2 bridgehead atoms. The van der Waals surface area contributed by atoms with E-state index in [-0.39, 0.29) is 11.1 Å². The van der Waals surface area contributed by atoms with Gasteiger partial charge in [-0.1, -0.05) is 0 Å². The maximum absolute atomic E-state index is 4.72. The molecule has 164 valence electrons. The second-order valence-electron chi connectivity index (χ2n) is 9.73. The molecule has 1 unspecified atom stereocenters. The van der Waals surface area contributed by atoms with Crippen molar-refractivity contribution >= 4 is 27.4 Å². The Labute approximate surface area is 190 Å². The molecule has 2 fully saturated rings. The fourth-order valence-electron chi connectivity index (χ4n) is 5.57. The quantitative estimate of drug-likeness (QED) is 0.488. The maximum atomic E-state index is 4.72. The van der Waals surface area contributed by atoms with E-state index in [0.29, 0.717) is 6.04 Å². The van der Waals surface area contributed by atoms with Gasteiger partial charge in [0, 0.05) is 47.7 Å². The number of nitrogens with one attached hydrogen (secondary N) is 2. The van der Waals surface area contributed by atoms with E-state index in [4.69, 9.17) is 4.98 Å². The fourth-order valence-corrected chi connectivity index (χ4v) is 6.38. The number of anilines is 1. The minimum absolute atomic E-state index is 0.220. The summed E-state index contributed by atoms with van der Waals surface area (Å²) in [6.45, 7) is 4.71. The van der Waals surface area contributed by atoms with Crippen molar-refractivity contribution in [1.82, 2.24) is 35.7 Å². The van der Waals surface area contributed by atoms with Crippen molar-refractivity contribution in [2.24, 2.45) is 0 Å². The average Bonchev–Trinajstić information content (AvgIpc) is 3.52. The first-order valence-electron chi connectivity index (χ1n) is 11.0. The normalized spacial score (nSPS) is 27.2. The number of nitrogens with zero attached hydrogens (tertiary/aromatic N) is 6. The summed E-state index contributed by atoms with van der Waals surface area (Å²) >= 11 is 1.57. The van der Waals surface area contributed by atoms with E-state index in [2.05, 4.69) is 62.6 Å². The number of fused-ring (bicyclic) bond motifs is 3. The summed E-state index contributed by atoms with van der Waals surface area (Å²) in [5, 5.41) is 19.9. The number of pyridine rings is 1. The van der Waals surface area contributed by atoms with Crippen LogP contribution in [0.4, 0.5) is 5.82 Å². The molecule has 2 aliphatic rings. The number of piperidine rings is 1. The first kappa shape index (κ1) is 19.8. The van der Waals surface area contributed by atoms with Gasteiger partial charge in [-0.05, 0) is 51.7 Å². The Morgan fingerprint density at radius 3 is 2.56 bits per heavy atom. The first-order valence-corrected chi connectivity index (χ1v) is 11.9. The zero-order chi connectivity index (χ0) is 21.9. The Morgan fingerprint density at radius 1 is 1.06 bits per heavy atom. The van der Waals surface area contributed by atoms with Crippen molar-refractivity contribution in [2.45, 2.75) is 56.7 Å². The summed E-state index contributed by atoms with van der Waals surface area (Å²) in [6, 6.07) is 4.54. The van der Waals surface area contributed by atoms with Crippen molar-refractivity contribution in [1.29, 1.82) is 0 Å². The summed E-state index contributed by atoms with van der Waals surface area (Å²) < 4.78 is 1.01. The molecule has 4 aromatic rings. The lowest BCUT2D eigenvalue weighted by Gasteiger charge is -2.45. The van der Waals surface area contributed by atoms with Gasteiger partial charge in [0.15, 0.2) is 5.82 Å². The van der Waals surface area contributed by atoms with Gasteiger partial charge in [0.2, 0.25) is 0 Å². The smallest absolute Gasteiger partial charge is 0.151 e. The topological polar surface area (TPSA) is 95.5 Å². The third-order valence-electron chi connectivity index (χ3n) is 7.18. The molecule has 8 nitrogen and oxygen atoms in total. The van der Waals surface area contributed by atoms with Gasteiger partial charge in [0.05, 0.1) is 21.9 Å². The van der Waals surface area contributed by atoms with Gasteiger partial charge >= 0.3 is 0 Å². The summed E-state index contributed by atoms with van der Waals surface area (Å²) in [6.07, 6.45) is 10.2. The molecule has 32 heavy (non-hydrogen) atoms.